The van der Waals surface area contributed by atoms with Crippen LogP contribution in [0.25, 0.3) is 5.76 Å². The number of aryl methyl sites for hydroxylation is 1. The summed E-state index contributed by atoms with van der Waals surface area (Å²) in [7, 11) is 2.98. The third-order valence-electron chi connectivity index (χ3n) is 6.50. The van der Waals surface area contributed by atoms with Gasteiger partial charge in [-0.25, -0.2) is 9.78 Å². The van der Waals surface area contributed by atoms with Crippen LogP contribution in [-0.4, -0.2) is 55.2 Å². The fraction of sp³-hybridized carbons (Fsp3) is 0.333. The van der Waals surface area contributed by atoms with Gasteiger partial charge in [-0.05, 0) is 50.1 Å². The number of hydrogen-bond acceptors (Lipinski definition) is 10. The normalized spacial score (nSPS) is 16.1. The van der Waals surface area contributed by atoms with Crippen LogP contribution < -0.4 is 19.1 Å². The van der Waals surface area contributed by atoms with Gasteiger partial charge in [-0.15, -0.1) is 0 Å². The number of esters is 1. The number of Topliss-reactive ketones (excluding diaryl/α,β-unsaturated/α-hetero) is 1. The minimum atomic E-state index is -1.08. The molecule has 41 heavy (non-hydrogen) atoms. The van der Waals surface area contributed by atoms with E-state index in [1.165, 1.54) is 19.1 Å². The SMILES string of the molecule is CCCCOc1ccc(C2/C(=C(\O)c3cccc(OC)c3)C(=O)C(=O)N2c2nc(C)c(C(=O)OCC)s2)cc1OC. The number of unbranched alkanes of at least 4 members (excludes halogenated alkanes) is 1. The van der Waals surface area contributed by atoms with Crippen molar-refractivity contribution in [2.24, 2.45) is 0 Å². The number of benzene rings is 2. The van der Waals surface area contributed by atoms with Gasteiger partial charge in [0, 0.05) is 5.56 Å². The van der Waals surface area contributed by atoms with E-state index in [0.717, 1.165) is 24.2 Å². The van der Waals surface area contributed by atoms with Crippen LogP contribution in [0.3, 0.4) is 0 Å². The largest absolute Gasteiger partial charge is 0.507 e. The lowest BCUT2D eigenvalue weighted by atomic mass is 9.95. The molecule has 0 aliphatic carbocycles. The van der Waals surface area contributed by atoms with E-state index in [4.69, 9.17) is 18.9 Å². The van der Waals surface area contributed by atoms with Crippen LogP contribution in [0.1, 0.15) is 59.2 Å². The number of rotatable bonds is 11. The van der Waals surface area contributed by atoms with E-state index in [2.05, 4.69) is 11.9 Å². The van der Waals surface area contributed by atoms with Crippen LogP contribution in [0.2, 0.25) is 0 Å². The summed E-state index contributed by atoms with van der Waals surface area (Å²) < 4.78 is 21.9. The Morgan fingerprint density at radius 2 is 1.85 bits per heavy atom. The van der Waals surface area contributed by atoms with Crippen molar-refractivity contribution in [3.63, 3.8) is 0 Å². The number of anilines is 1. The Morgan fingerprint density at radius 3 is 2.54 bits per heavy atom. The van der Waals surface area contributed by atoms with Gasteiger partial charge in [0.2, 0.25) is 0 Å². The van der Waals surface area contributed by atoms with Crippen LogP contribution in [0, 0.1) is 6.92 Å². The Morgan fingerprint density at radius 1 is 1.07 bits per heavy atom. The summed E-state index contributed by atoms with van der Waals surface area (Å²) in [6.45, 7) is 6.04. The summed E-state index contributed by atoms with van der Waals surface area (Å²) in [6, 6.07) is 10.5. The molecule has 1 N–H and O–H groups in total. The van der Waals surface area contributed by atoms with E-state index in [1.807, 2.05) is 0 Å². The van der Waals surface area contributed by atoms with Crippen molar-refractivity contribution >= 4 is 39.9 Å². The number of ether oxygens (including phenoxy) is 4. The van der Waals surface area contributed by atoms with Crippen molar-refractivity contribution < 1.29 is 38.4 Å². The van der Waals surface area contributed by atoms with Gasteiger partial charge in [0.05, 0.1) is 44.7 Å². The summed E-state index contributed by atoms with van der Waals surface area (Å²) in [5.41, 5.74) is 0.977. The minimum Gasteiger partial charge on any atom is -0.507 e. The number of thiazole rings is 1. The minimum absolute atomic E-state index is 0.115. The molecule has 10 nitrogen and oxygen atoms in total. The summed E-state index contributed by atoms with van der Waals surface area (Å²) in [5, 5.41) is 11.6. The molecule has 0 bridgehead atoms. The molecule has 216 valence electrons. The number of carbonyl (C=O) groups is 3. The standard InChI is InChI=1S/C30H32N2O8S/c1-6-8-14-40-21-13-12-18(16-22(21)38-5)24-23(25(33)19-10-9-11-20(15-19)37-4)26(34)28(35)32(24)30-31-17(3)27(41-30)29(36)39-7-2/h9-13,15-16,24,33H,6-8,14H2,1-5H3/b25-23+. The predicted octanol–water partition coefficient (Wildman–Crippen LogP) is 5.45. The molecule has 1 fully saturated rings. The van der Waals surface area contributed by atoms with Crippen molar-refractivity contribution in [2.75, 3.05) is 32.3 Å². The highest BCUT2D eigenvalue weighted by Gasteiger charge is 2.48. The lowest BCUT2D eigenvalue weighted by Crippen LogP contribution is -2.29. The topological polar surface area (TPSA) is 124 Å². The Bertz CT molecular complexity index is 1500. The quantitative estimate of drug-likeness (QED) is 0.104. The number of ketones is 1. The molecule has 1 amide bonds. The summed E-state index contributed by atoms with van der Waals surface area (Å²) >= 11 is 0.938. The van der Waals surface area contributed by atoms with Gasteiger partial charge in [-0.2, -0.15) is 0 Å². The van der Waals surface area contributed by atoms with Crippen LogP contribution in [-0.2, 0) is 14.3 Å². The fourth-order valence-electron chi connectivity index (χ4n) is 4.44. The Hall–Kier alpha value is -4.38. The van der Waals surface area contributed by atoms with Gasteiger partial charge in [0.15, 0.2) is 16.6 Å². The number of aromatic nitrogens is 1. The first-order chi connectivity index (χ1) is 19.7. The molecule has 3 aromatic rings. The molecule has 4 rings (SSSR count). The molecule has 11 heteroatoms. The Balaban J connectivity index is 1.90. The fourth-order valence-corrected chi connectivity index (χ4v) is 5.43. The molecular weight excluding hydrogens is 548 g/mol. The van der Waals surface area contributed by atoms with Crippen molar-refractivity contribution in [1.82, 2.24) is 4.98 Å². The van der Waals surface area contributed by atoms with Gasteiger partial charge in [-0.1, -0.05) is 42.9 Å². The summed E-state index contributed by atoms with van der Waals surface area (Å²) in [4.78, 5) is 45.5. The van der Waals surface area contributed by atoms with E-state index in [-0.39, 0.29) is 27.9 Å². The monoisotopic (exact) mass is 580 g/mol. The van der Waals surface area contributed by atoms with E-state index < -0.39 is 23.7 Å². The molecule has 0 radical (unpaired) electrons. The zero-order valence-corrected chi connectivity index (χ0v) is 24.4. The number of amides is 1. The predicted molar refractivity (Wildman–Crippen MR) is 154 cm³/mol. The molecule has 0 spiro atoms. The molecule has 2 aromatic carbocycles. The van der Waals surface area contributed by atoms with Gasteiger partial charge in [0.1, 0.15) is 16.4 Å². The highest BCUT2D eigenvalue weighted by molar-refractivity contribution is 7.17. The number of hydrogen-bond donors (Lipinski definition) is 1. The number of aliphatic hydroxyl groups is 1. The number of carbonyl (C=O) groups excluding carboxylic acids is 3. The molecule has 1 unspecified atom stereocenters. The van der Waals surface area contributed by atoms with Gasteiger partial charge in [-0.3, -0.25) is 14.5 Å². The van der Waals surface area contributed by atoms with Crippen LogP contribution in [0.15, 0.2) is 48.0 Å². The molecule has 1 saturated heterocycles. The molecule has 1 aliphatic heterocycles. The zero-order valence-electron chi connectivity index (χ0n) is 23.6. The van der Waals surface area contributed by atoms with Crippen molar-refractivity contribution in [2.45, 2.75) is 39.7 Å². The third-order valence-corrected chi connectivity index (χ3v) is 7.64. The van der Waals surface area contributed by atoms with Crippen LogP contribution >= 0.6 is 11.3 Å². The van der Waals surface area contributed by atoms with E-state index >= 15 is 0 Å². The molecule has 2 heterocycles. The first kappa shape index (κ1) is 29.6. The van der Waals surface area contributed by atoms with Gasteiger partial charge >= 0.3 is 11.9 Å². The lowest BCUT2D eigenvalue weighted by Gasteiger charge is -2.24. The molecule has 1 atom stereocenters. The van der Waals surface area contributed by atoms with E-state index in [9.17, 15) is 19.5 Å². The maximum Gasteiger partial charge on any atom is 0.350 e. The van der Waals surface area contributed by atoms with Crippen LogP contribution in [0.5, 0.6) is 17.2 Å². The van der Waals surface area contributed by atoms with Crippen LogP contribution in [0.4, 0.5) is 5.13 Å². The molecule has 0 saturated carbocycles. The Kier molecular flexibility index (Phi) is 9.28. The lowest BCUT2D eigenvalue weighted by molar-refractivity contribution is -0.132. The van der Waals surface area contributed by atoms with Crippen molar-refractivity contribution in [3.8, 4) is 17.2 Å². The average molecular weight is 581 g/mol. The second kappa shape index (κ2) is 12.9. The maximum atomic E-state index is 13.6. The van der Waals surface area contributed by atoms with E-state index in [1.54, 1.807) is 56.3 Å². The Labute approximate surface area is 242 Å². The van der Waals surface area contributed by atoms with E-state index in [0.29, 0.717) is 40.7 Å². The summed E-state index contributed by atoms with van der Waals surface area (Å²) in [5.74, 6) is -1.39. The molecule has 1 aromatic heterocycles. The summed E-state index contributed by atoms with van der Waals surface area (Å²) in [6.07, 6.45) is 1.82. The smallest absolute Gasteiger partial charge is 0.350 e. The second-order valence-corrected chi connectivity index (χ2v) is 10.1. The first-order valence-corrected chi connectivity index (χ1v) is 14.0. The number of nitrogens with zero attached hydrogens (tertiary/aromatic N) is 2. The third kappa shape index (κ3) is 5.90. The van der Waals surface area contributed by atoms with Gasteiger partial charge in [0.25, 0.3) is 5.78 Å². The molecule has 1 aliphatic rings. The average Bonchev–Trinajstić information content (AvgIpc) is 3.49. The number of methoxy groups -OCH3 is 2. The highest BCUT2D eigenvalue weighted by atomic mass is 32.1. The zero-order chi connectivity index (χ0) is 29.7. The second-order valence-electron chi connectivity index (χ2n) is 9.14. The van der Waals surface area contributed by atoms with Crippen molar-refractivity contribution in [3.05, 3.63) is 69.7 Å². The number of aliphatic hydroxyl groups excluding tert-OH is 1. The molecular formula is C30H32N2O8S. The van der Waals surface area contributed by atoms with Gasteiger partial charge < -0.3 is 24.1 Å². The first-order valence-electron chi connectivity index (χ1n) is 13.2. The maximum absolute atomic E-state index is 13.6. The highest BCUT2D eigenvalue weighted by Crippen LogP contribution is 2.45. The van der Waals surface area contributed by atoms with Crippen molar-refractivity contribution in [1.29, 1.82) is 0 Å².